The van der Waals surface area contributed by atoms with Gasteiger partial charge in [-0.3, -0.25) is 19.6 Å². The van der Waals surface area contributed by atoms with Crippen LogP contribution in [0.25, 0.3) is 0 Å². The van der Waals surface area contributed by atoms with E-state index in [1.807, 2.05) is 43.9 Å². The molecule has 1 unspecified atom stereocenters. The molecule has 1 saturated carbocycles. The van der Waals surface area contributed by atoms with Crippen LogP contribution in [0.5, 0.6) is 0 Å². The fraction of sp³-hybridized carbons (Fsp3) is 0.679. The highest BCUT2D eigenvalue weighted by Gasteiger charge is 2.39. The summed E-state index contributed by atoms with van der Waals surface area (Å²) in [5.74, 6) is -0.473. The number of nitrogens with one attached hydrogen (secondary N) is 1. The molecular weight excluding hydrogens is 456 g/mol. The Labute approximate surface area is 216 Å². The second-order valence-corrected chi connectivity index (χ2v) is 11.6. The minimum absolute atomic E-state index is 0.0614. The van der Waals surface area contributed by atoms with Crippen LogP contribution in [0.2, 0.25) is 0 Å². The standard InChI is InChI=1S/C28H44N4O4/c1-28(2,3)25(29-26(34)22(19-32(36)20-33)18-21-10-8-9-11-21)27(35)31-16-14-24(15-17-31)30(4)23-12-6-5-7-13-23/h5-7,12-13,20-22,24-25,36H,8-11,14-19H2,1-4H3,(H,29,34)/t22?,25-/m1/s1. The van der Waals surface area contributed by atoms with E-state index < -0.39 is 17.4 Å². The molecule has 0 radical (unpaired) electrons. The summed E-state index contributed by atoms with van der Waals surface area (Å²) in [6, 6.07) is 9.95. The van der Waals surface area contributed by atoms with Gasteiger partial charge in [0.15, 0.2) is 0 Å². The fourth-order valence-electron chi connectivity index (χ4n) is 5.62. The molecule has 1 aliphatic carbocycles. The average molecular weight is 501 g/mol. The molecule has 1 saturated heterocycles. The van der Waals surface area contributed by atoms with E-state index in [-0.39, 0.29) is 18.4 Å². The molecule has 0 bridgehead atoms. The van der Waals surface area contributed by atoms with Crippen molar-refractivity contribution >= 4 is 23.9 Å². The number of hydrogen-bond donors (Lipinski definition) is 2. The zero-order chi connectivity index (χ0) is 26.3. The van der Waals surface area contributed by atoms with Gasteiger partial charge in [0.1, 0.15) is 6.04 Å². The number of para-hydroxylation sites is 1. The monoisotopic (exact) mass is 500 g/mol. The van der Waals surface area contributed by atoms with Crippen LogP contribution < -0.4 is 10.2 Å². The first kappa shape index (κ1) is 28.0. The third-order valence-electron chi connectivity index (χ3n) is 7.88. The van der Waals surface area contributed by atoms with E-state index in [9.17, 15) is 19.6 Å². The van der Waals surface area contributed by atoms with Gasteiger partial charge in [0.2, 0.25) is 18.2 Å². The molecule has 1 aromatic carbocycles. The molecule has 8 heteroatoms. The van der Waals surface area contributed by atoms with Crippen LogP contribution in [0.1, 0.15) is 65.7 Å². The normalized spacial score (nSPS) is 19.0. The first-order valence-corrected chi connectivity index (χ1v) is 13.4. The highest BCUT2D eigenvalue weighted by Crippen LogP contribution is 2.31. The molecule has 0 aromatic heterocycles. The van der Waals surface area contributed by atoms with Crippen molar-refractivity contribution < 1.29 is 19.6 Å². The molecular formula is C28H44N4O4. The maximum atomic E-state index is 13.7. The maximum absolute atomic E-state index is 13.7. The first-order valence-electron chi connectivity index (χ1n) is 13.4. The number of carbonyl (C=O) groups is 3. The maximum Gasteiger partial charge on any atom is 0.245 e. The van der Waals surface area contributed by atoms with Gasteiger partial charge in [-0.2, -0.15) is 0 Å². The number of benzene rings is 1. The lowest BCUT2D eigenvalue weighted by molar-refractivity contribution is -0.156. The average Bonchev–Trinajstić information content (AvgIpc) is 3.39. The first-order chi connectivity index (χ1) is 17.1. The summed E-state index contributed by atoms with van der Waals surface area (Å²) in [6.07, 6.45) is 7.09. The molecule has 200 valence electrons. The van der Waals surface area contributed by atoms with Gasteiger partial charge in [-0.25, -0.2) is 5.06 Å². The molecule has 2 N–H and O–H groups in total. The number of rotatable bonds is 10. The van der Waals surface area contributed by atoms with E-state index in [2.05, 4.69) is 29.4 Å². The van der Waals surface area contributed by atoms with Gasteiger partial charge in [0, 0.05) is 31.9 Å². The summed E-state index contributed by atoms with van der Waals surface area (Å²) in [6.45, 7) is 7.10. The number of hydroxylamine groups is 2. The van der Waals surface area contributed by atoms with Crippen LogP contribution in [0, 0.1) is 17.3 Å². The second kappa shape index (κ2) is 12.6. The predicted octanol–water partition coefficient (Wildman–Crippen LogP) is 3.69. The Kier molecular flexibility index (Phi) is 9.77. The lowest BCUT2D eigenvalue weighted by Crippen LogP contribution is -2.58. The van der Waals surface area contributed by atoms with Crippen molar-refractivity contribution in [2.75, 3.05) is 31.6 Å². The van der Waals surface area contributed by atoms with Gasteiger partial charge in [0.05, 0.1) is 12.5 Å². The van der Waals surface area contributed by atoms with Gasteiger partial charge in [-0.05, 0) is 42.7 Å². The van der Waals surface area contributed by atoms with Crippen LogP contribution in [0.4, 0.5) is 5.69 Å². The van der Waals surface area contributed by atoms with E-state index >= 15 is 0 Å². The number of hydrogen-bond acceptors (Lipinski definition) is 5. The number of likely N-dealkylation sites (tertiary alicyclic amines) is 1. The van der Waals surface area contributed by atoms with Crippen molar-refractivity contribution in [1.29, 1.82) is 0 Å². The minimum Gasteiger partial charge on any atom is -0.371 e. The SMILES string of the molecule is CN(c1ccccc1)C1CCN(C(=O)[C@@H](NC(=O)C(CC2CCCC2)CN(O)C=O)C(C)(C)C)CC1. The zero-order valence-electron chi connectivity index (χ0n) is 22.4. The molecule has 36 heavy (non-hydrogen) atoms. The molecule has 3 rings (SSSR count). The Balaban J connectivity index is 1.64. The Morgan fingerprint density at radius 3 is 2.28 bits per heavy atom. The Hall–Kier alpha value is -2.61. The highest BCUT2D eigenvalue weighted by molar-refractivity contribution is 5.89. The number of piperidine rings is 1. The Bertz CT molecular complexity index is 858. The van der Waals surface area contributed by atoms with Gasteiger partial charge < -0.3 is 15.1 Å². The fourth-order valence-corrected chi connectivity index (χ4v) is 5.62. The van der Waals surface area contributed by atoms with Crippen LogP contribution in [-0.2, 0) is 14.4 Å². The van der Waals surface area contributed by atoms with Crippen molar-refractivity contribution in [3.05, 3.63) is 30.3 Å². The molecule has 1 aromatic rings. The van der Waals surface area contributed by atoms with E-state index in [1.54, 1.807) is 0 Å². The molecule has 2 atom stereocenters. The summed E-state index contributed by atoms with van der Waals surface area (Å²) >= 11 is 0. The van der Waals surface area contributed by atoms with Gasteiger partial charge in [-0.15, -0.1) is 0 Å². The molecule has 0 spiro atoms. The molecule has 2 aliphatic rings. The second-order valence-electron chi connectivity index (χ2n) is 11.6. The summed E-state index contributed by atoms with van der Waals surface area (Å²) < 4.78 is 0. The van der Waals surface area contributed by atoms with Gasteiger partial charge >= 0.3 is 0 Å². The quantitative estimate of drug-likeness (QED) is 0.290. The highest BCUT2D eigenvalue weighted by atomic mass is 16.5. The van der Waals surface area contributed by atoms with Crippen molar-refractivity contribution in [2.45, 2.75) is 77.8 Å². The lowest BCUT2D eigenvalue weighted by atomic mass is 9.84. The third-order valence-corrected chi connectivity index (χ3v) is 7.88. The lowest BCUT2D eigenvalue weighted by Gasteiger charge is -2.41. The molecule has 3 amide bonds. The van der Waals surface area contributed by atoms with E-state index in [4.69, 9.17) is 0 Å². The third kappa shape index (κ3) is 7.45. The molecule has 8 nitrogen and oxygen atoms in total. The topological polar surface area (TPSA) is 93.2 Å². The Morgan fingerprint density at radius 2 is 1.72 bits per heavy atom. The summed E-state index contributed by atoms with van der Waals surface area (Å²) in [4.78, 5) is 42.2. The van der Waals surface area contributed by atoms with Gasteiger partial charge in [-0.1, -0.05) is 64.7 Å². The number of anilines is 1. The smallest absolute Gasteiger partial charge is 0.245 e. The predicted molar refractivity (Wildman–Crippen MR) is 140 cm³/mol. The van der Waals surface area contributed by atoms with Crippen LogP contribution in [0.15, 0.2) is 30.3 Å². The number of nitrogens with zero attached hydrogens (tertiary/aromatic N) is 3. The Morgan fingerprint density at radius 1 is 1.11 bits per heavy atom. The zero-order valence-corrected chi connectivity index (χ0v) is 22.4. The molecule has 1 aliphatic heterocycles. The molecule has 1 heterocycles. The summed E-state index contributed by atoms with van der Waals surface area (Å²) in [5.41, 5.74) is 0.690. The van der Waals surface area contributed by atoms with E-state index in [0.717, 1.165) is 38.5 Å². The van der Waals surface area contributed by atoms with Crippen LogP contribution in [0.3, 0.4) is 0 Å². The van der Waals surface area contributed by atoms with Gasteiger partial charge in [0.25, 0.3) is 0 Å². The van der Waals surface area contributed by atoms with Crippen LogP contribution >= 0.6 is 0 Å². The van der Waals surface area contributed by atoms with E-state index in [1.165, 1.54) is 5.69 Å². The van der Waals surface area contributed by atoms with Crippen molar-refractivity contribution in [3.8, 4) is 0 Å². The largest absolute Gasteiger partial charge is 0.371 e. The van der Waals surface area contributed by atoms with E-state index in [0.29, 0.717) is 42.9 Å². The summed E-state index contributed by atoms with van der Waals surface area (Å²) in [5, 5.41) is 13.4. The number of carbonyl (C=O) groups excluding carboxylic acids is 3. The number of amides is 3. The van der Waals surface area contributed by atoms with Crippen molar-refractivity contribution in [2.24, 2.45) is 17.3 Å². The van der Waals surface area contributed by atoms with Crippen LogP contribution in [-0.4, -0.2) is 72.2 Å². The molecule has 2 fully saturated rings. The minimum atomic E-state index is -0.678. The van der Waals surface area contributed by atoms with Crippen molar-refractivity contribution in [3.63, 3.8) is 0 Å². The van der Waals surface area contributed by atoms with Crippen molar-refractivity contribution in [1.82, 2.24) is 15.3 Å². The summed E-state index contributed by atoms with van der Waals surface area (Å²) in [7, 11) is 2.10.